The second-order valence-electron chi connectivity index (χ2n) is 6.76. The SMILES string of the molecule is Cc1nnc([C@H]2CC[C@H](N(C)C(=O)OC(C)(C)C)CC2)o1. The zero-order valence-electron chi connectivity index (χ0n) is 13.5. The van der Waals surface area contributed by atoms with Crippen LogP contribution in [-0.2, 0) is 4.74 Å². The van der Waals surface area contributed by atoms with Gasteiger partial charge in [0, 0.05) is 25.9 Å². The van der Waals surface area contributed by atoms with Gasteiger partial charge in [-0.3, -0.25) is 0 Å². The monoisotopic (exact) mass is 295 g/mol. The Kier molecular flexibility index (Phi) is 4.54. The number of aryl methyl sites for hydroxylation is 1. The molecule has 0 N–H and O–H groups in total. The molecule has 1 aromatic rings. The summed E-state index contributed by atoms with van der Waals surface area (Å²) in [5.41, 5.74) is -0.455. The Balaban J connectivity index is 1.87. The molecule has 0 radical (unpaired) electrons. The molecule has 0 atom stereocenters. The summed E-state index contributed by atoms with van der Waals surface area (Å²) in [6, 6.07) is 0.222. The van der Waals surface area contributed by atoms with E-state index in [9.17, 15) is 4.79 Å². The molecule has 0 spiro atoms. The lowest BCUT2D eigenvalue weighted by molar-refractivity contribution is 0.0180. The van der Waals surface area contributed by atoms with Crippen LogP contribution in [0.2, 0.25) is 0 Å². The number of hydrogen-bond acceptors (Lipinski definition) is 5. The summed E-state index contributed by atoms with van der Waals surface area (Å²) in [6.45, 7) is 7.45. The topological polar surface area (TPSA) is 68.5 Å². The third-order valence-electron chi connectivity index (χ3n) is 3.82. The lowest BCUT2D eigenvalue weighted by Gasteiger charge is -2.34. The molecule has 6 nitrogen and oxygen atoms in total. The van der Waals surface area contributed by atoms with E-state index < -0.39 is 5.60 Å². The van der Waals surface area contributed by atoms with E-state index in [1.54, 1.807) is 11.8 Å². The molecule has 21 heavy (non-hydrogen) atoms. The summed E-state index contributed by atoms with van der Waals surface area (Å²) in [5.74, 6) is 1.65. The van der Waals surface area contributed by atoms with Crippen molar-refractivity contribution in [3.63, 3.8) is 0 Å². The number of nitrogens with zero attached hydrogens (tertiary/aromatic N) is 3. The van der Waals surface area contributed by atoms with Gasteiger partial charge in [0.25, 0.3) is 0 Å². The standard InChI is InChI=1S/C15H25N3O3/c1-10-16-17-13(20-10)11-6-8-12(9-7-11)18(5)14(19)21-15(2,3)4/h11-12H,6-9H2,1-5H3/t11-,12-. The number of carbonyl (C=O) groups is 1. The first-order valence-electron chi connectivity index (χ1n) is 7.52. The molecule has 2 rings (SSSR count). The van der Waals surface area contributed by atoms with E-state index in [2.05, 4.69) is 10.2 Å². The molecule has 1 aliphatic rings. The van der Waals surface area contributed by atoms with Gasteiger partial charge in [-0.15, -0.1) is 10.2 Å². The maximum atomic E-state index is 12.1. The first-order chi connectivity index (χ1) is 9.76. The summed E-state index contributed by atoms with van der Waals surface area (Å²) in [7, 11) is 1.82. The van der Waals surface area contributed by atoms with E-state index in [4.69, 9.17) is 9.15 Å². The Bertz CT molecular complexity index is 485. The number of aromatic nitrogens is 2. The third-order valence-corrected chi connectivity index (χ3v) is 3.82. The molecule has 0 unspecified atom stereocenters. The van der Waals surface area contributed by atoms with Crippen molar-refractivity contribution in [2.24, 2.45) is 0 Å². The Morgan fingerprint density at radius 2 is 1.86 bits per heavy atom. The van der Waals surface area contributed by atoms with Crippen LogP contribution in [0, 0.1) is 6.92 Å². The van der Waals surface area contributed by atoms with E-state index in [1.807, 2.05) is 27.8 Å². The summed E-state index contributed by atoms with van der Waals surface area (Å²) >= 11 is 0. The van der Waals surface area contributed by atoms with Crippen molar-refractivity contribution in [3.05, 3.63) is 11.8 Å². The van der Waals surface area contributed by atoms with Gasteiger partial charge in [0.2, 0.25) is 11.8 Å². The van der Waals surface area contributed by atoms with Gasteiger partial charge in [-0.1, -0.05) is 0 Å². The molecular formula is C15H25N3O3. The Morgan fingerprint density at radius 3 is 2.33 bits per heavy atom. The fourth-order valence-electron chi connectivity index (χ4n) is 2.67. The molecule has 118 valence electrons. The molecule has 1 aliphatic carbocycles. The first kappa shape index (κ1) is 15.8. The molecule has 0 saturated heterocycles. The maximum Gasteiger partial charge on any atom is 0.410 e. The highest BCUT2D eigenvalue weighted by Gasteiger charge is 2.31. The van der Waals surface area contributed by atoms with Crippen molar-refractivity contribution in [2.75, 3.05) is 7.05 Å². The zero-order chi connectivity index (χ0) is 15.6. The van der Waals surface area contributed by atoms with Gasteiger partial charge in [0.05, 0.1) is 0 Å². The molecule has 0 aromatic carbocycles. The summed E-state index contributed by atoms with van der Waals surface area (Å²) in [4.78, 5) is 13.8. The van der Waals surface area contributed by atoms with Crippen LogP contribution in [0.1, 0.15) is 64.2 Å². The van der Waals surface area contributed by atoms with Crippen molar-refractivity contribution in [3.8, 4) is 0 Å². The number of hydrogen-bond donors (Lipinski definition) is 0. The number of amides is 1. The highest BCUT2D eigenvalue weighted by Crippen LogP contribution is 2.34. The average Bonchev–Trinajstić information content (AvgIpc) is 2.83. The Labute approximate surface area is 125 Å². The van der Waals surface area contributed by atoms with Crippen LogP contribution in [0.5, 0.6) is 0 Å². The van der Waals surface area contributed by atoms with Gasteiger partial charge < -0.3 is 14.1 Å². The van der Waals surface area contributed by atoms with Gasteiger partial charge in [-0.25, -0.2) is 4.79 Å². The summed E-state index contributed by atoms with van der Waals surface area (Å²) in [5, 5.41) is 7.98. The van der Waals surface area contributed by atoms with Crippen molar-refractivity contribution >= 4 is 6.09 Å². The second-order valence-corrected chi connectivity index (χ2v) is 6.76. The van der Waals surface area contributed by atoms with Crippen molar-refractivity contribution < 1.29 is 13.9 Å². The second kappa shape index (κ2) is 6.03. The van der Waals surface area contributed by atoms with Crippen LogP contribution < -0.4 is 0 Å². The van der Waals surface area contributed by atoms with Gasteiger partial charge >= 0.3 is 6.09 Å². The lowest BCUT2D eigenvalue weighted by Crippen LogP contribution is -2.42. The highest BCUT2D eigenvalue weighted by molar-refractivity contribution is 5.68. The van der Waals surface area contributed by atoms with Crippen LogP contribution in [0.4, 0.5) is 4.79 Å². The van der Waals surface area contributed by atoms with Crippen molar-refractivity contribution in [1.29, 1.82) is 0 Å². The Hall–Kier alpha value is -1.59. The molecule has 1 heterocycles. The maximum absolute atomic E-state index is 12.1. The van der Waals surface area contributed by atoms with Crippen LogP contribution >= 0.6 is 0 Å². The smallest absolute Gasteiger partial charge is 0.410 e. The zero-order valence-corrected chi connectivity index (χ0v) is 13.5. The van der Waals surface area contributed by atoms with Crippen LogP contribution in [0.25, 0.3) is 0 Å². The fraction of sp³-hybridized carbons (Fsp3) is 0.800. The normalized spacial score (nSPS) is 22.9. The van der Waals surface area contributed by atoms with E-state index in [1.165, 1.54) is 0 Å². The van der Waals surface area contributed by atoms with E-state index in [0.29, 0.717) is 11.8 Å². The molecule has 1 amide bonds. The van der Waals surface area contributed by atoms with Gasteiger partial charge in [-0.2, -0.15) is 0 Å². The Morgan fingerprint density at radius 1 is 1.24 bits per heavy atom. The average molecular weight is 295 g/mol. The molecule has 0 aliphatic heterocycles. The quantitative estimate of drug-likeness (QED) is 0.837. The number of ether oxygens (including phenoxy) is 1. The van der Waals surface area contributed by atoms with Gasteiger partial charge in [0.1, 0.15) is 5.60 Å². The number of carbonyl (C=O) groups excluding carboxylic acids is 1. The van der Waals surface area contributed by atoms with E-state index in [-0.39, 0.29) is 12.1 Å². The molecule has 0 bridgehead atoms. The minimum atomic E-state index is -0.455. The van der Waals surface area contributed by atoms with E-state index in [0.717, 1.165) is 31.6 Å². The molecule has 1 saturated carbocycles. The van der Waals surface area contributed by atoms with Crippen LogP contribution in [-0.4, -0.2) is 39.9 Å². The molecule has 6 heteroatoms. The molecule has 1 fully saturated rings. The number of rotatable bonds is 2. The lowest BCUT2D eigenvalue weighted by atomic mass is 9.85. The summed E-state index contributed by atoms with van der Waals surface area (Å²) < 4.78 is 10.9. The predicted molar refractivity (Wildman–Crippen MR) is 78.0 cm³/mol. The fourth-order valence-corrected chi connectivity index (χ4v) is 2.67. The van der Waals surface area contributed by atoms with Crippen LogP contribution in [0.15, 0.2) is 4.42 Å². The largest absolute Gasteiger partial charge is 0.444 e. The minimum absolute atomic E-state index is 0.222. The summed E-state index contributed by atoms with van der Waals surface area (Å²) in [6.07, 6.45) is 3.53. The van der Waals surface area contributed by atoms with Crippen molar-refractivity contribution in [2.45, 2.75) is 70.9 Å². The van der Waals surface area contributed by atoms with Gasteiger partial charge in [-0.05, 0) is 46.5 Å². The highest BCUT2D eigenvalue weighted by atomic mass is 16.6. The van der Waals surface area contributed by atoms with Gasteiger partial charge in [0.15, 0.2) is 0 Å². The molecular weight excluding hydrogens is 270 g/mol. The minimum Gasteiger partial charge on any atom is -0.444 e. The predicted octanol–water partition coefficient (Wildman–Crippen LogP) is 3.27. The first-order valence-corrected chi connectivity index (χ1v) is 7.52. The van der Waals surface area contributed by atoms with Crippen LogP contribution in [0.3, 0.4) is 0 Å². The van der Waals surface area contributed by atoms with E-state index >= 15 is 0 Å². The molecule has 1 aromatic heterocycles. The third kappa shape index (κ3) is 4.19. The van der Waals surface area contributed by atoms with Crippen molar-refractivity contribution in [1.82, 2.24) is 15.1 Å².